The van der Waals surface area contributed by atoms with Crippen molar-refractivity contribution in [3.05, 3.63) is 34.9 Å². The van der Waals surface area contributed by atoms with Gasteiger partial charge in [0.25, 0.3) is 0 Å². The molecule has 2 rings (SSSR count). The second-order valence-electron chi connectivity index (χ2n) is 5.88. The summed E-state index contributed by atoms with van der Waals surface area (Å²) in [5.74, 6) is -1.60. The summed E-state index contributed by atoms with van der Waals surface area (Å²) in [5, 5.41) is 24.5. The van der Waals surface area contributed by atoms with Gasteiger partial charge in [0.15, 0.2) is 5.60 Å². The molecule has 1 aromatic carbocycles. The third-order valence-electron chi connectivity index (χ3n) is 4.11. The van der Waals surface area contributed by atoms with Gasteiger partial charge in [-0.3, -0.25) is 4.79 Å². The quantitative estimate of drug-likeness (QED) is 0.605. The van der Waals surface area contributed by atoms with Crippen LogP contribution >= 0.6 is 11.6 Å². The zero-order valence-electron chi connectivity index (χ0n) is 13.5. The first-order chi connectivity index (χ1) is 11.8. The summed E-state index contributed by atoms with van der Waals surface area (Å²) in [6.45, 7) is 0.371. The average Bonchev–Trinajstić information content (AvgIpc) is 2.59. The van der Waals surface area contributed by atoms with Gasteiger partial charge in [0.2, 0.25) is 5.91 Å². The zero-order valence-corrected chi connectivity index (χ0v) is 14.3. The maximum Gasteiger partial charge on any atom is 0.335 e. The molecule has 0 radical (unpaired) electrons. The average molecular weight is 370 g/mol. The number of aliphatic carboxylic acids is 1. The molecule has 1 aromatic rings. The van der Waals surface area contributed by atoms with E-state index in [9.17, 15) is 19.5 Å². The van der Waals surface area contributed by atoms with Gasteiger partial charge in [-0.25, -0.2) is 9.59 Å². The summed E-state index contributed by atoms with van der Waals surface area (Å²) in [5.41, 5.74) is -0.907. The highest BCUT2D eigenvalue weighted by atomic mass is 35.5. The number of amides is 3. The van der Waals surface area contributed by atoms with Crippen LogP contribution in [-0.4, -0.2) is 58.3 Å². The highest BCUT2D eigenvalue weighted by Crippen LogP contribution is 2.22. The highest BCUT2D eigenvalue weighted by Gasteiger charge is 2.40. The number of urea groups is 1. The van der Waals surface area contributed by atoms with Gasteiger partial charge < -0.3 is 25.7 Å². The van der Waals surface area contributed by atoms with Crippen LogP contribution < -0.4 is 10.6 Å². The minimum Gasteiger partial charge on any atom is -0.479 e. The first kappa shape index (κ1) is 19.0. The zero-order chi connectivity index (χ0) is 18.4. The molecule has 8 nitrogen and oxygen atoms in total. The first-order valence-electron chi connectivity index (χ1n) is 7.80. The van der Waals surface area contributed by atoms with Gasteiger partial charge in [0.05, 0.1) is 6.54 Å². The molecule has 0 atom stereocenters. The van der Waals surface area contributed by atoms with Crippen molar-refractivity contribution in [2.24, 2.45) is 0 Å². The smallest absolute Gasteiger partial charge is 0.335 e. The molecule has 9 heteroatoms. The van der Waals surface area contributed by atoms with Crippen molar-refractivity contribution in [1.82, 2.24) is 15.5 Å². The predicted octanol–water partition coefficient (Wildman–Crippen LogP) is 0.577. The van der Waals surface area contributed by atoms with Gasteiger partial charge in [0, 0.05) is 37.5 Å². The molecular weight excluding hydrogens is 350 g/mol. The van der Waals surface area contributed by atoms with E-state index in [1.165, 1.54) is 4.90 Å². The second kappa shape index (κ2) is 8.17. The van der Waals surface area contributed by atoms with Crippen LogP contribution in [0.1, 0.15) is 18.4 Å². The Morgan fingerprint density at radius 3 is 2.28 bits per heavy atom. The predicted molar refractivity (Wildman–Crippen MR) is 90.1 cm³/mol. The van der Waals surface area contributed by atoms with Gasteiger partial charge in [-0.05, 0) is 17.7 Å². The molecule has 3 amide bonds. The lowest BCUT2D eigenvalue weighted by atomic mass is 9.91. The lowest BCUT2D eigenvalue weighted by Gasteiger charge is -2.35. The van der Waals surface area contributed by atoms with Gasteiger partial charge in [0.1, 0.15) is 0 Å². The fraction of sp³-hybridized carbons (Fsp3) is 0.438. The van der Waals surface area contributed by atoms with Gasteiger partial charge in [-0.15, -0.1) is 0 Å². The number of carbonyl (C=O) groups is 3. The summed E-state index contributed by atoms with van der Waals surface area (Å²) in [6, 6.07) is 6.52. The van der Waals surface area contributed by atoms with Crippen molar-refractivity contribution in [2.75, 3.05) is 19.6 Å². The molecule has 1 aliphatic rings. The van der Waals surface area contributed by atoms with E-state index in [1.54, 1.807) is 24.3 Å². The Morgan fingerprint density at radius 2 is 1.72 bits per heavy atom. The Bertz CT molecular complexity index is 642. The van der Waals surface area contributed by atoms with E-state index in [1.807, 2.05) is 0 Å². The highest BCUT2D eigenvalue weighted by molar-refractivity contribution is 6.30. The number of halogens is 1. The van der Waals surface area contributed by atoms with Gasteiger partial charge in [-0.1, -0.05) is 23.7 Å². The molecule has 0 unspecified atom stereocenters. The van der Waals surface area contributed by atoms with Crippen LogP contribution in [0.15, 0.2) is 24.3 Å². The van der Waals surface area contributed by atoms with Crippen LogP contribution in [0.3, 0.4) is 0 Å². The Hall–Kier alpha value is -2.32. The van der Waals surface area contributed by atoms with Crippen molar-refractivity contribution in [3.63, 3.8) is 0 Å². The van der Waals surface area contributed by atoms with Crippen LogP contribution in [0.25, 0.3) is 0 Å². The minimum absolute atomic E-state index is 0.0309. The number of benzene rings is 1. The fourth-order valence-corrected chi connectivity index (χ4v) is 2.58. The Labute approximate surface area is 149 Å². The number of likely N-dealkylation sites (tertiary alicyclic amines) is 1. The molecule has 1 saturated heterocycles. The van der Waals surface area contributed by atoms with Crippen LogP contribution in [-0.2, 0) is 16.1 Å². The first-order valence-corrected chi connectivity index (χ1v) is 8.18. The number of carboxylic acid groups (broad SMARTS) is 1. The SMILES string of the molecule is O=C(NCC(=O)N1CCC(O)(C(=O)O)CC1)NCc1ccc(Cl)cc1. The number of nitrogens with one attached hydrogen (secondary N) is 2. The second-order valence-corrected chi connectivity index (χ2v) is 6.32. The summed E-state index contributed by atoms with van der Waals surface area (Å²) in [6.07, 6.45) is -0.0618. The molecule has 0 bridgehead atoms. The van der Waals surface area contributed by atoms with E-state index in [4.69, 9.17) is 16.7 Å². The third-order valence-corrected chi connectivity index (χ3v) is 4.36. The summed E-state index contributed by atoms with van der Waals surface area (Å²) >= 11 is 5.78. The molecule has 0 spiro atoms. The standard InChI is InChI=1S/C16H20ClN3O5/c17-12-3-1-11(2-4-12)9-18-15(24)19-10-13(21)20-7-5-16(25,6-8-20)14(22)23/h1-4,25H,5-10H2,(H,22,23)(H2,18,19,24). The van der Waals surface area contributed by atoms with Crippen LogP contribution in [0, 0.1) is 0 Å². The van der Waals surface area contributed by atoms with Crippen LogP contribution in [0.4, 0.5) is 4.79 Å². The molecule has 1 aliphatic heterocycles. The largest absolute Gasteiger partial charge is 0.479 e. The Balaban J connectivity index is 1.70. The van der Waals surface area contributed by atoms with Crippen molar-refractivity contribution in [1.29, 1.82) is 0 Å². The molecule has 0 aliphatic carbocycles. The topological polar surface area (TPSA) is 119 Å². The summed E-state index contributed by atoms with van der Waals surface area (Å²) in [7, 11) is 0. The van der Waals surface area contributed by atoms with E-state index >= 15 is 0 Å². The molecule has 0 aromatic heterocycles. The number of hydrogen-bond donors (Lipinski definition) is 4. The number of carbonyl (C=O) groups excluding carboxylic acids is 2. The van der Waals surface area contributed by atoms with E-state index in [0.29, 0.717) is 11.6 Å². The number of aliphatic hydroxyl groups is 1. The molecule has 4 N–H and O–H groups in total. The lowest BCUT2D eigenvalue weighted by Crippen LogP contribution is -2.52. The molecule has 136 valence electrons. The minimum atomic E-state index is -1.78. The fourth-order valence-electron chi connectivity index (χ4n) is 2.45. The number of nitrogens with zero attached hydrogens (tertiary/aromatic N) is 1. The van der Waals surface area contributed by atoms with Crippen molar-refractivity contribution in [2.45, 2.75) is 25.0 Å². The van der Waals surface area contributed by atoms with Gasteiger partial charge in [-0.2, -0.15) is 0 Å². The molecule has 0 saturated carbocycles. The van der Waals surface area contributed by atoms with E-state index in [0.717, 1.165) is 5.56 Å². The number of rotatable bonds is 5. The van der Waals surface area contributed by atoms with E-state index < -0.39 is 17.6 Å². The third kappa shape index (κ3) is 5.33. The number of hydrogen-bond acceptors (Lipinski definition) is 4. The van der Waals surface area contributed by atoms with E-state index in [2.05, 4.69) is 10.6 Å². The maximum absolute atomic E-state index is 12.0. The van der Waals surface area contributed by atoms with Crippen molar-refractivity contribution in [3.8, 4) is 0 Å². The van der Waals surface area contributed by atoms with Crippen LogP contribution in [0.2, 0.25) is 5.02 Å². The van der Waals surface area contributed by atoms with E-state index in [-0.39, 0.29) is 38.4 Å². The Kier molecular flexibility index (Phi) is 6.22. The Morgan fingerprint density at radius 1 is 1.12 bits per heavy atom. The van der Waals surface area contributed by atoms with Gasteiger partial charge >= 0.3 is 12.0 Å². The monoisotopic (exact) mass is 369 g/mol. The van der Waals surface area contributed by atoms with Crippen molar-refractivity contribution >= 4 is 29.5 Å². The van der Waals surface area contributed by atoms with Crippen molar-refractivity contribution < 1.29 is 24.6 Å². The molecule has 1 heterocycles. The lowest BCUT2D eigenvalue weighted by molar-refractivity contribution is -0.165. The van der Waals surface area contributed by atoms with Crippen LogP contribution in [0.5, 0.6) is 0 Å². The molecular formula is C16H20ClN3O5. The summed E-state index contributed by atoms with van der Waals surface area (Å²) < 4.78 is 0. The normalized spacial score (nSPS) is 16.2. The maximum atomic E-state index is 12.0. The summed E-state index contributed by atoms with van der Waals surface area (Å²) in [4.78, 5) is 36.1. The number of carboxylic acids is 1. The molecule has 25 heavy (non-hydrogen) atoms. The number of piperidine rings is 1. The molecule has 1 fully saturated rings.